The summed E-state index contributed by atoms with van der Waals surface area (Å²) in [5, 5.41) is -0.390. The lowest BCUT2D eigenvalue weighted by Crippen LogP contribution is -1.93. The number of halogens is 5. The molecule has 1 aromatic heterocycles. The average Bonchev–Trinajstić information content (AvgIpc) is 1.96. The first-order chi connectivity index (χ1) is 5.52. The lowest BCUT2D eigenvalue weighted by Gasteiger charge is -2.02. The van der Waals surface area contributed by atoms with Crippen molar-refractivity contribution < 1.29 is 13.2 Å². The number of hydrogen-bond acceptors (Lipinski definition) is 1. The molecule has 0 aromatic carbocycles. The van der Waals surface area contributed by atoms with E-state index in [0.717, 1.165) is 0 Å². The van der Waals surface area contributed by atoms with E-state index < -0.39 is 23.0 Å². The molecule has 0 fully saturated rings. The second kappa shape index (κ2) is 3.62. The second-order valence-corrected chi connectivity index (χ2v) is 3.05. The molecule has 1 heterocycles. The topological polar surface area (TPSA) is 12.9 Å². The molecule has 12 heavy (non-hydrogen) atoms. The van der Waals surface area contributed by atoms with Crippen LogP contribution in [0.4, 0.5) is 13.2 Å². The predicted octanol–water partition coefficient (Wildman–Crippen LogP) is 3.57. The molecule has 1 rings (SSSR count). The van der Waals surface area contributed by atoms with Gasteiger partial charge in [-0.1, -0.05) is 11.6 Å². The van der Waals surface area contributed by atoms with E-state index >= 15 is 0 Å². The summed E-state index contributed by atoms with van der Waals surface area (Å²) in [6.07, 6.45) is -2.81. The number of pyridine rings is 1. The Hall–Kier alpha value is -0.290. The van der Waals surface area contributed by atoms with Crippen LogP contribution in [0.5, 0.6) is 0 Å². The van der Waals surface area contributed by atoms with Crippen LogP contribution in [0.2, 0.25) is 5.15 Å². The van der Waals surface area contributed by atoms with Crippen LogP contribution in [0.3, 0.4) is 0 Å². The van der Waals surface area contributed by atoms with Gasteiger partial charge in [-0.25, -0.2) is 18.2 Å². The molecule has 66 valence electrons. The molecule has 0 bridgehead atoms. The smallest absolute Gasteiger partial charge is 0.226 e. The molecule has 1 aromatic rings. The molecule has 1 nitrogen and oxygen atoms in total. The van der Waals surface area contributed by atoms with Crippen LogP contribution < -0.4 is 0 Å². The first-order valence-electron chi connectivity index (χ1n) is 2.82. The van der Waals surface area contributed by atoms with Crippen molar-refractivity contribution in [3.05, 3.63) is 27.2 Å². The van der Waals surface area contributed by atoms with Gasteiger partial charge in [-0.2, -0.15) is 0 Å². The van der Waals surface area contributed by atoms with Crippen LogP contribution in [0, 0.1) is 5.82 Å². The Bertz CT molecular complexity index is 305. The lowest BCUT2D eigenvalue weighted by molar-refractivity contribution is 0.150. The van der Waals surface area contributed by atoms with Gasteiger partial charge < -0.3 is 0 Å². The third-order valence-corrected chi connectivity index (χ3v) is 2.01. The van der Waals surface area contributed by atoms with E-state index in [-0.39, 0.29) is 4.60 Å². The average molecular weight is 260 g/mol. The van der Waals surface area contributed by atoms with Crippen LogP contribution >= 0.6 is 27.5 Å². The fourth-order valence-corrected chi connectivity index (χ4v) is 1.23. The van der Waals surface area contributed by atoms with Gasteiger partial charge in [0.05, 0.1) is 5.56 Å². The number of alkyl halides is 2. The summed E-state index contributed by atoms with van der Waals surface area (Å²) in [6, 6.07) is 0.657. The van der Waals surface area contributed by atoms with Crippen molar-refractivity contribution in [2.75, 3.05) is 0 Å². The molecule has 0 saturated carbocycles. The summed E-state index contributed by atoms with van der Waals surface area (Å²) in [4.78, 5) is 3.32. The third kappa shape index (κ3) is 1.90. The van der Waals surface area contributed by atoms with Crippen LogP contribution in [0.15, 0.2) is 10.7 Å². The summed E-state index contributed by atoms with van der Waals surface area (Å²) in [6.45, 7) is 0. The summed E-state index contributed by atoms with van der Waals surface area (Å²) < 4.78 is 36.5. The highest BCUT2D eigenvalue weighted by Crippen LogP contribution is 2.28. The Morgan fingerprint density at radius 3 is 2.58 bits per heavy atom. The van der Waals surface area contributed by atoms with Gasteiger partial charge in [-0.05, 0) is 22.0 Å². The first-order valence-corrected chi connectivity index (χ1v) is 3.99. The maximum atomic E-state index is 12.6. The van der Waals surface area contributed by atoms with Crippen LogP contribution in [-0.2, 0) is 0 Å². The zero-order valence-corrected chi connectivity index (χ0v) is 7.83. The van der Waals surface area contributed by atoms with Crippen molar-refractivity contribution in [2.24, 2.45) is 0 Å². The van der Waals surface area contributed by atoms with Gasteiger partial charge in [0.25, 0.3) is 6.43 Å². The summed E-state index contributed by atoms with van der Waals surface area (Å²) >= 11 is 8.02. The first kappa shape index (κ1) is 9.80. The zero-order valence-electron chi connectivity index (χ0n) is 5.49. The van der Waals surface area contributed by atoms with Gasteiger partial charge in [0.15, 0.2) is 5.82 Å². The Morgan fingerprint density at radius 1 is 1.50 bits per heavy atom. The number of rotatable bonds is 1. The molecule has 0 aliphatic heterocycles. The Labute approximate surface area is 79.7 Å². The van der Waals surface area contributed by atoms with Gasteiger partial charge >= 0.3 is 0 Å². The molecule has 0 aliphatic carbocycles. The minimum atomic E-state index is -2.81. The van der Waals surface area contributed by atoms with Crippen LogP contribution in [0.1, 0.15) is 12.0 Å². The van der Waals surface area contributed by atoms with E-state index in [1.165, 1.54) is 0 Å². The minimum Gasteiger partial charge on any atom is -0.226 e. The van der Waals surface area contributed by atoms with E-state index in [1.807, 2.05) is 0 Å². The zero-order chi connectivity index (χ0) is 9.30. The molecule has 0 atom stereocenters. The number of aromatic nitrogens is 1. The SMILES string of the molecule is Fc1cc(C(F)F)c(Cl)nc1Br. The maximum Gasteiger partial charge on any atom is 0.266 e. The monoisotopic (exact) mass is 259 g/mol. The van der Waals surface area contributed by atoms with Crippen LogP contribution in [0.25, 0.3) is 0 Å². The quantitative estimate of drug-likeness (QED) is 0.703. The largest absolute Gasteiger partial charge is 0.266 e. The predicted molar refractivity (Wildman–Crippen MR) is 41.9 cm³/mol. The Kier molecular flexibility index (Phi) is 2.95. The van der Waals surface area contributed by atoms with Crippen molar-refractivity contribution in [2.45, 2.75) is 6.43 Å². The van der Waals surface area contributed by atoms with Crippen molar-refractivity contribution in [3.8, 4) is 0 Å². The minimum absolute atomic E-state index is 0.170. The van der Waals surface area contributed by atoms with Crippen molar-refractivity contribution >= 4 is 27.5 Å². The summed E-state index contributed by atoms with van der Waals surface area (Å²) in [7, 11) is 0. The van der Waals surface area contributed by atoms with E-state index in [9.17, 15) is 13.2 Å². The van der Waals surface area contributed by atoms with Gasteiger partial charge in [0.1, 0.15) is 9.76 Å². The van der Waals surface area contributed by atoms with Crippen molar-refractivity contribution in [3.63, 3.8) is 0 Å². The van der Waals surface area contributed by atoms with Gasteiger partial charge in [-0.15, -0.1) is 0 Å². The van der Waals surface area contributed by atoms with E-state index in [2.05, 4.69) is 20.9 Å². The fraction of sp³-hybridized carbons (Fsp3) is 0.167. The molecule has 6 heteroatoms. The third-order valence-electron chi connectivity index (χ3n) is 1.15. The molecule has 0 spiro atoms. The van der Waals surface area contributed by atoms with Gasteiger partial charge in [0, 0.05) is 0 Å². The van der Waals surface area contributed by atoms with Crippen molar-refractivity contribution in [1.29, 1.82) is 0 Å². The molecule has 0 unspecified atom stereocenters. The molecular weight excluding hydrogens is 258 g/mol. The lowest BCUT2D eigenvalue weighted by atomic mass is 10.3. The highest BCUT2D eigenvalue weighted by Gasteiger charge is 2.16. The standard InChI is InChI=1S/C6H2BrClF3N/c7-4-3(9)1-2(6(10)11)5(8)12-4/h1,6H. The number of nitrogens with zero attached hydrogens (tertiary/aromatic N) is 1. The molecule has 0 amide bonds. The molecule has 0 radical (unpaired) electrons. The van der Waals surface area contributed by atoms with Crippen LogP contribution in [-0.4, -0.2) is 4.98 Å². The second-order valence-electron chi connectivity index (χ2n) is 1.94. The Morgan fingerprint density at radius 2 is 2.08 bits per heavy atom. The van der Waals surface area contributed by atoms with Gasteiger partial charge in [0.2, 0.25) is 0 Å². The van der Waals surface area contributed by atoms with E-state index in [4.69, 9.17) is 11.6 Å². The van der Waals surface area contributed by atoms with E-state index in [0.29, 0.717) is 6.07 Å². The highest BCUT2D eigenvalue weighted by atomic mass is 79.9. The van der Waals surface area contributed by atoms with Gasteiger partial charge in [-0.3, -0.25) is 0 Å². The van der Waals surface area contributed by atoms with Crippen molar-refractivity contribution in [1.82, 2.24) is 4.98 Å². The molecule has 0 N–H and O–H groups in total. The molecule has 0 aliphatic rings. The Balaban J connectivity index is 3.23. The molecular formula is C6H2BrClF3N. The number of hydrogen-bond donors (Lipinski definition) is 0. The fourth-order valence-electron chi connectivity index (χ4n) is 0.613. The summed E-state index contributed by atoms with van der Waals surface area (Å²) in [5.41, 5.74) is -0.600. The normalized spacial score (nSPS) is 10.8. The summed E-state index contributed by atoms with van der Waals surface area (Å²) in [5.74, 6) is -0.852. The molecule has 0 saturated heterocycles. The maximum absolute atomic E-state index is 12.6. The highest BCUT2D eigenvalue weighted by molar-refractivity contribution is 9.10. The van der Waals surface area contributed by atoms with E-state index in [1.54, 1.807) is 0 Å².